The fourth-order valence-corrected chi connectivity index (χ4v) is 2.84. The van der Waals surface area contributed by atoms with Crippen molar-refractivity contribution in [3.63, 3.8) is 0 Å². The number of fused-ring (bicyclic) bond motifs is 1. The Balaban J connectivity index is 1.96. The van der Waals surface area contributed by atoms with E-state index in [1.165, 1.54) is 0 Å². The summed E-state index contributed by atoms with van der Waals surface area (Å²) >= 11 is 3.42. The molecule has 23 heavy (non-hydrogen) atoms. The maximum Gasteiger partial charge on any atom is 0.308 e. The van der Waals surface area contributed by atoms with Crippen LogP contribution in [0.5, 0.6) is 11.5 Å². The molecule has 1 aliphatic rings. The molecule has 1 aromatic carbocycles. The Hall–Kier alpha value is -1.76. The van der Waals surface area contributed by atoms with Gasteiger partial charge in [0.1, 0.15) is 13.2 Å². The maximum atomic E-state index is 12.1. The lowest BCUT2D eigenvalue weighted by molar-refractivity contribution is -0.141. The molecule has 0 bridgehead atoms. The van der Waals surface area contributed by atoms with Crippen molar-refractivity contribution in [2.45, 2.75) is 26.2 Å². The van der Waals surface area contributed by atoms with Gasteiger partial charge in [-0.05, 0) is 24.1 Å². The number of carbonyl (C=O) groups excluding carboxylic acids is 1. The van der Waals surface area contributed by atoms with Gasteiger partial charge in [0.25, 0.3) is 0 Å². The lowest BCUT2D eigenvalue weighted by atomic mass is 10.0. The quantitative estimate of drug-likeness (QED) is 0.752. The lowest BCUT2D eigenvalue weighted by Gasteiger charge is -2.20. The van der Waals surface area contributed by atoms with Crippen molar-refractivity contribution in [2.24, 2.45) is 5.92 Å². The fourth-order valence-electron chi connectivity index (χ4n) is 2.38. The van der Waals surface area contributed by atoms with E-state index in [1.807, 2.05) is 6.92 Å². The van der Waals surface area contributed by atoms with E-state index in [-0.39, 0.29) is 18.9 Å². The number of benzene rings is 1. The Morgan fingerprint density at radius 3 is 2.57 bits per heavy atom. The number of carboxylic acid groups (broad SMARTS) is 1. The van der Waals surface area contributed by atoms with Crippen LogP contribution in [0.15, 0.2) is 16.6 Å². The van der Waals surface area contributed by atoms with E-state index in [0.717, 1.165) is 16.5 Å². The first-order valence-electron chi connectivity index (χ1n) is 7.58. The Bertz CT molecular complexity index is 590. The van der Waals surface area contributed by atoms with Crippen LogP contribution in [-0.2, 0) is 16.0 Å². The summed E-state index contributed by atoms with van der Waals surface area (Å²) in [5.41, 5.74) is 0.772. The van der Waals surface area contributed by atoms with E-state index in [1.54, 1.807) is 12.1 Å². The van der Waals surface area contributed by atoms with Gasteiger partial charge in [-0.2, -0.15) is 0 Å². The van der Waals surface area contributed by atoms with E-state index in [9.17, 15) is 9.59 Å². The molecular weight excluding hydrogens is 366 g/mol. The van der Waals surface area contributed by atoms with Crippen molar-refractivity contribution in [3.8, 4) is 11.5 Å². The molecule has 0 saturated carbocycles. The fraction of sp³-hybridized carbons (Fsp3) is 0.500. The van der Waals surface area contributed by atoms with Crippen LogP contribution in [-0.4, -0.2) is 36.7 Å². The van der Waals surface area contributed by atoms with Crippen molar-refractivity contribution in [3.05, 3.63) is 22.2 Å². The molecule has 0 fully saturated rings. The second kappa shape index (κ2) is 8.19. The van der Waals surface area contributed by atoms with Gasteiger partial charge < -0.3 is 19.9 Å². The summed E-state index contributed by atoms with van der Waals surface area (Å²) < 4.78 is 11.7. The highest BCUT2D eigenvalue weighted by molar-refractivity contribution is 9.10. The van der Waals surface area contributed by atoms with Gasteiger partial charge in [0.15, 0.2) is 11.5 Å². The van der Waals surface area contributed by atoms with Gasteiger partial charge >= 0.3 is 5.97 Å². The first-order valence-corrected chi connectivity index (χ1v) is 8.38. The van der Waals surface area contributed by atoms with Crippen LogP contribution in [0.3, 0.4) is 0 Å². The molecule has 2 N–H and O–H groups in total. The molecule has 6 nitrogen and oxygen atoms in total. The molecular formula is C16H20BrNO5. The monoisotopic (exact) mass is 385 g/mol. The zero-order valence-corrected chi connectivity index (χ0v) is 14.5. The number of nitrogens with one attached hydrogen (secondary N) is 1. The molecule has 1 aromatic rings. The van der Waals surface area contributed by atoms with E-state index >= 15 is 0 Å². The molecule has 126 valence electrons. The maximum absolute atomic E-state index is 12.1. The second-order valence-electron chi connectivity index (χ2n) is 5.39. The van der Waals surface area contributed by atoms with Crippen molar-refractivity contribution < 1.29 is 24.2 Å². The van der Waals surface area contributed by atoms with Crippen LogP contribution in [0.4, 0.5) is 0 Å². The SMILES string of the molecule is CCCC(CNC(=O)Cc1cc2c(cc1Br)OCCO2)C(=O)O. The third kappa shape index (κ3) is 4.86. The highest BCUT2D eigenvalue weighted by Gasteiger charge is 2.19. The summed E-state index contributed by atoms with van der Waals surface area (Å²) in [6.07, 6.45) is 1.46. The van der Waals surface area contributed by atoms with Crippen LogP contribution >= 0.6 is 15.9 Å². The lowest BCUT2D eigenvalue weighted by Crippen LogP contribution is -2.33. The minimum atomic E-state index is -0.882. The van der Waals surface area contributed by atoms with Gasteiger partial charge in [-0.3, -0.25) is 9.59 Å². The number of amides is 1. The Morgan fingerprint density at radius 1 is 1.30 bits per heavy atom. The first-order chi connectivity index (χ1) is 11.0. The van der Waals surface area contributed by atoms with Crippen LogP contribution < -0.4 is 14.8 Å². The predicted octanol–water partition coefficient (Wildman–Crippen LogP) is 2.38. The van der Waals surface area contributed by atoms with Crippen LogP contribution in [0.1, 0.15) is 25.3 Å². The molecule has 0 aliphatic carbocycles. The Kier molecular flexibility index (Phi) is 6.27. The van der Waals surface area contributed by atoms with Crippen molar-refractivity contribution in [1.29, 1.82) is 0 Å². The Morgan fingerprint density at radius 2 is 1.96 bits per heavy atom. The molecule has 0 saturated heterocycles. The third-order valence-corrected chi connectivity index (χ3v) is 4.33. The predicted molar refractivity (Wildman–Crippen MR) is 87.9 cm³/mol. The summed E-state index contributed by atoms with van der Waals surface area (Å²) in [4.78, 5) is 23.2. The number of hydrogen-bond donors (Lipinski definition) is 2. The van der Waals surface area contributed by atoms with Gasteiger partial charge in [-0.1, -0.05) is 29.3 Å². The smallest absolute Gasteiger partial charge is 0.308 e. The van der Waals surface area contributed by atoms with Crippen molar-refractivity contribution >= 4 is 27.8 Å². The van der Waals surface area contributed by atoms with Gasteiger partial charge in [0.05, 0.1) is 12.3 Å². The van der Waals surface area contributed by atoms with E-state index in [2.05, 4.69) is 21.2 Å². The number of rotatable bonds is 7. The highest BCUT2D eigenvalue weighted by Crippen LogP contribution is 2.35. The molecule has 1 amide bonds. The van der Waals surface area contributed by atoms with Crippen LogP contribution in [0.25, 0.3) is 0 Å². The van der Waals surface area contributed by atoms with Gasteiger partial charge in [-0.15, -0.1) is 0 Å². The normalized spacial score (nSPS) is 14.2. The largest absolute Gasteiger partial charge is 0.486 e. The topological polar surface area (TPSA) is 84.9 Å². The summed E-state index contributed by atoms with van der Waals surface area (Å²) in [6, 6.07) is 3.56. The first kappa shape index (κ1) is 17.6. The average molecular weight is 386 g/mol. The highest BCUT2D eigenvalue weighted by atomic mass is 79.9. The molecule has 0 spiro atoms. The molecule has 0 radical (unpaired) electrons. The molecule has 1 unspecified atom stereocenters. The summed E-state index contributed by atoms with van der Waals surface area (Å²) in [7, 11) is 0. The van der Waals surface area contributed by atoms with Crippen molar-refractivity contribution in [1.82, 2.24) is 5.32 Å². The number of hydrogen-bond acceptors (Lipinski definition) is 4. The average Bonchev–Trinajstić information content (AvgIpc) is 2.51. The third-order valence-electron chi connectivity index (χ3n) is 3.59. The van der Waals surface area contributed by atoms with Crippen LogP contribution in [0, 0.1) is 5.92 Å². The second-order valence-corrected chi connectivity index (χ2v) is 6.25. The zero-order chi connectivity index (χ0) is 16.8. The van der Waals surface area contributed by atoms with Gasteiger partial charge in [-0.25, -0.2) is 0 Å². The standard InChI is InChI=1S/C16H20BrNO5/c1-2-3-10(16(20)21)9-18-15(19)7-11-6-13-14(8-12(11)17)23-5-4-22-13/h6,8,10H,2-5,7,9H2,1H3,(H,18,19)(H,20,21). The minimum Gasteiger partial charge on any atom is -0.486 e. The number of halogens is 1. The molecule has 1 heterocycles. The molecule has 7 heteroatoms. The van der Waals surface area contributed by atoms with E-state index in [0.29, 0.717) is 31.1 Å². The number of carboxylic acids is 1. The summed E-state index contributed by atoms with van der Waals surface area (Å²) in [6.45, 7) is 3.05. The van der Waals surface area contributed by atoms with E-state index < -0.39 is 11.9 Å². The number of aliphatic carboxylic acids is 1. The van der Waals surface area contributed by atoms with Gasteiger partial charge in [0, 0.05) is 11.0 Å². The van der Waals surface area contributed by atoms with Gasteiger partial charge in [0.2, 0.25) is 5.91 Å². The minimum absolute atomic E-state index is 0.143. The molecule has 1 aliphatic heterocycles. The zero-order valence-electron chi connectivity index (χ0n) is 12.9. The van der Waals surface area contributed by atoms with Crippen molar-refractivity contribution in [2.75, 3.05) is 19.8 Å². The summed E-state index contributed by atoms with van der Waals surface area (Å²) in [5.74, 6) is -0.372. The number of carbonyl (C=O) groups is 2. The molecule has 2 rings (SSSR count). The number of ether oxygens (including phenoxy) is 2. The Labute approximate surface area is 143 Å². The molecule has 1 atom stereocenters. The van der Waals surface area contributed by atoms with E-state index in [4.69, 9.17) is 14.6 Å². The van der Waals surface area contributed by atoms with Crippen LogP contribution in [0.2, 0.25) is 0 Å². The molecule has 0 aromatic heterocycles. The summed E-state index contributed by atoms with van der Waals surface area (Å²) in [5, 5.41) is 11.8.